The largest absolute Gasteiger partial charge is 0.428 e. The normalized spacial score (nSPS) is 16.2. The fourth-order valence-electron chi connectivity index (χ4n) is 1.90. The Labute approximate surface area is 140 Å². The van der Waals surface area contributed by atoms with E-state index in [9.17, 15) is 16.8 Å². The third-order valence-corrected chi connectivity index (χ3v) is 6.61. The predicted octanol–water partition coefficient (Wildman–Crippen LogP) is 2.69. The van der Waals surface area contributed by atoms with Crippen LogP contribution in [0, 0.1) is 5.39 Å². The smallest absolute Gasteiger partial charge is 0.385 e. The molecule has 24 heavy (non-hydrogen) atoms. The fraction of sp³-hybridized carbons (Fsp3) is 0.143. The minimum Gasteiger partial charge on any atom is -0.428 e. The second kappa shape index (κ2) is 6.56. The van der Waals surface area contributed by atoms with Crippen molar-refractivity contribution in [3.8, 4) is 0 Å². The number of nitrogens with zero attached hydrogens (tertiary/aromatic N) is 4. The van der Waals surface area contributed by atoms with Crippen molar-refractivity contribution in [2.45, 2.75) is 9.79 Å². The zero-order valence-electron chi connectivity index (χ0n) is 12.9. The number of hydrogen-bond donors (Lipinski definition) is 0. The van der Waals surface area contributed by atoms with Crippen LogP contribution in [0.15, 0.2) is 58.3 Å². The molecular weight excluding hydrogens is 352 g/mol. The highest BCUT2D eigenvalue weighted by atomic mass is 32.3. The minimum atomic E-state index is -3.98. The molecule has 0 aromatic heterocycles. The number of rotatable bonds is 1. The number of diazo groups is 1. The van der Waals surface area contributed by atoms with E-state index in [0.717, 1.165) is 5.69 Å². The van der Waals surface area contributed by atoms with Gasteiger partial charge in [0.15, 0.2) is 4.98 Å². The Balaban J connectivity index is 0.000000177. The first-order chi connectivity index (χ1) is 11.2. The first-order valence-electron chi connectivity index (χ1n) is 6.63. The molecule has 1 aliphatic rings. The number of anilines is 1. The zero-order valence-corrected chi connectivity index (χ0v) is 14.5. The van der Waals surface area contributed by atoms with Crippen LogP contribution in [0.5, 0.6) is 0 Å². The topological polar surface area (TPSA) is 114 Å². The fourth-order valence-corrected chi connectivity index (χ4v) is 5.36. The first kappa shape index (κ1) is 17.9. The van der Waals surface area contributed by atoms with Gasteiger partial charge in [0.25, 0.3) is 0 Å². The van der Waals surface area contributed by atoms with E-state index in [4.69, 9.17) is 5.39 Å². The molecule has 0 fully saturated rings. The molecule has 1 aliphatic heterocycles. The molecule has 2 aromatic carbocycles. The van der Waals surface area contributed by atoms with E-state index >= 15 is 0 Å². The molecule has 8 nitrogen and oxygen atoms in total. The number of fused-ring (bicyclic) bond motifs is 1. The van der Waals surface area contributed by atoms with Crippen LogP contribution in [0.2, 0.25) is 0 Å². The Morgan fingerprint density at radius 1 is 0.875 bits per heavy atom. The molecule has 0 radical (unpaired) electrons. The SMILES string of the molecule is CN(C)c1ccc([N+]#N)cc1.O=S1(=O)[N-]S(=O)(=O)c2ccccc21. The van der Waals surface area contributed by atoms with Crippen molar-refractivity contribution in [3.63, 3.8) is 0 Å². The highest BCUT2D eigenvalue weighted by Crippen LogP contribution is 2.37. The molecule has 0 aliphatic carbocycles. The summed E-state index contributed by atoms with van der Waals surface area (Å²) in [7, 11) is -4.03. The van der Waals surface area contributed by atoms with Gasteiger partial charge in [0, 0.05) is 31.9 Å². The predicted molar refractivity (Wildman–Crippen MR) is 89.7 cm³/mol. The summed E-state index contributed by atoms with van der Waals surface area (Å²) in [6.45, 7) is 0. The molecule has 0 bridgehead atoms. The molecule has 1 heterocycles. The van der Waals surface area contributed by atoms with Crippen molar-refractivity contribution in [2.75, 3.05) is 19.0 Å². The van der Waals surface area contributed by atoms with Gasteiger partial charge in [-0.3, -0.25) is 0 Å². The number of hydrogen-bond acceptors (Lipinski definition) is 6. The average Bonchev–Trinajstić information content (AvgIpc) is 2.73. The highest BCUT2D eigenvalue weighted by molar-refractivity contribution is 8.14. The summed E-state index contributed by atoms with van der Waals surface area (Å²) in [6.07, 6.45) is 0. The Kier molecular flexibility index (Phi) is 4.88. The lowest BCUT2D eigenvalue weighted by Crippen LogP contribution is -2.07. The summed E-state index contributed by atoms with van der Waals surface area (Å²) in [5.74, 6) is 0. The third kappa shape index (κ3) is 3.70. The Hall–Kier alpha value is -2.48. The highest BCUT2D eigenvalue weighted by Gasteiger charge is 2.26. The summed E-state index contributed by atoms with van der Waals surface area (Å²) in [5.41, 5.74) is 1.67. The van der Waals surface area contributed by atoms with E-state index in [1.54, 1.807) is 12.1 Å². The van der Waals surface area contributed by atoms with E-state index in [0.29, 0.717) is 5.69 Å². The van der Waals surface area contributed by atoms with E-state index in [1.165, 1.54) is 24.3 Å². The Morgan fingerprint density at radius 2 is 1.33 bits per heavy atom. The van der Waals surface area contributed by atoms with E-state index < -0.39 is 20.0 Å². The van der Waals surface area contributed by atoms with Crippen molar-refractivity contribution in [3.05, 3.63) is 57.6 Å². The number of benzene rings is 2. The van der Waals surface area contributed by atoms with Gasteiger partial charge in [-0.15, -0.1) is 0 Å². The standard InChI is InChI=1S/C8H10N3.C6H4NO4S2/c1-11(2)8-5-3-7(10-9)4-6-8;8-12(9)5-3-1-2-4-6(5)13(10,11)7-12/h3-6H,1-2H3;1-4H/q+1;-1. The monoisotopic (exact) mass is 366 g/mol. The van der Waals surface area contributed by atoms with Crippen LogP contribution in [0.3, 0.4) is 0 Å². The van der Waals surface area contributed by atoms with Gasteiger partial charge in [-0.05, 0) is 24.3 Å². The summed E-state index contributed by atoms with van der Waals surface area (Å²) in [5, 5.41) is 8.38. The van der Waals surface area contributed by atoms with E-state index in [-0.39, 0.29) is 9.79 Å². The van der Waals surface area contributed by atoms with Crippen LogP contribution in [0.1, 0.15) is 0 Å². The summed E-state index contributed by atoms with van der Waals surface area (Å²) in [6, 6.07) is 12.7. The van der Waals surface area contributed by atoms with Gasteiger partial charge in [-0.25, -0.2) is 16.8 Å². The molecule has 0 atom stereocenters. The molecular formula is C14H14N4O4S2. The van der Waals surface area contributed by atoms with Gasteiger partial charge in [-0.1, -0.05) is 12.1 Å². The molecule has 0 unspecified atom stereocenters. The van der Waals surface area contributed by atoms with Crippen molar-refractivity contribution in [2.24, 2.45) is 0 Å². The second-order valence-electron chi connectivity index (χ2n) is 4.98. The van der Waals surface area contributed by atoms with Gasteiger partial charge >= 0.3 is 5.69 Å². The van der Waals surface area contributed by atoms with Gasteiger partial charge in [-0.2, -0.15) is 0 Å². The minimum absolute atomic E-state index is 0.241. The molecule has 0 spiro atoms. The van der Waals surface area contributed by atoms with E-state index in [2.05, 4.69) is 9.10 Å². The Morgan fingerprint density at radius 3 is 1.71 bits per heavy atom. The summed E-state index contributed by atoms with van der Waals surface area (Å²) in [4.78, 5) is 4.56. The molecule has 10 heteroatoms. The Bertz CT molecular complexity index is 941. The summed E-state index contributed by atoms with van der Waals surface area (Å²) >= 11 is 0. The molecule has 0 saturated heterocycles. The van der Waals surface area contributed by atoms with Gasteiger partial charge < -0.3 is 9.03 Å². The average molecular weight is 366 g/mol. The summed E-state index contributed by atoms with van der Waals surface area (Å²) < 4.78 is 47.3. The molecule has 126 valence electrons. The second-order valence-corrected chi connectivity index (χ2v) is 8.36. The van der Waals surface area contributed by atoms with Gasteiger partial charge in [0.05, 0.1) is 9.79 Å². The lowest BCUT2D eigenvalue weighted by molar-refractivity contribution is 0.603. The molecule has 3 rings (SSSR count). The molecule has 0 N–H and O–H groups in total. The van der Waals surface area contributed by atoms with Crippen molar-refractivity contribution >= 4 is 31.4 Å². The molecule has 0 saturated carbocycles. The lowest BCUT2D eigenvalue weighted by Gasteiger charge is -2.09. The quantitative estimate of drug-likeness (QED) is 0.717. The van der Waals surface area contributed by atoms with Crippen LogP contribution in [-0.2, 0) is 20.0 Å². The van der Waals surface area contributed by atoms with Crippen molar-refractivity contribution < 1.29 is 16.8 Å². The molecule has 2 aromatic rings. The van der Waals surface area contributed by atoms with Crippen LogP contribution < -0.4 is 4.90 Å². The van der Waals surface area contributed by atoms with E-state index in [1.807, 2.05) is 31.1 Å². The van der Waals surface area contributed by atoms with Gasteiger partial charge in [0.1, 0.15) is 20.0 Å². The van der Waals surface area contributed by atoms with Crippen LogP contribution in [0.25, 0.3) is 9.10 Å². The maximum absolute atomic E-state index is 11.1. The van der Waals surface area contributed by atoms with Crippen LogP contribution >= 0.6 is 0 Å². The first-order valence-corrected chi connectivity index (χ1v) is 9.51. The molecule has 0 amide bonds. The zero-order chi connectivity index (χ0) is 18.0. The van der Waals surface area contributed by atoms with Gasteiger partial charge in [0.2, 0.25) is 5.39 Å². The van der Waals surface area contributed by atoms with Crippen molar-refractivity contribution in [1.29, 1.82) is 5.39 Å². The van der Waals surface area contributed by atoms with Crippen LogP contribution in [0.4, 0.5) is 11.4 Å². The maximum Gasteiger partial charge on any atom is 0.385 e. The van der Waals surface area contributed by atoms with Crippen molar-refractivity contribution in [1.82, 2.24) is 0 Å². The number of sulfonamides is 2. The van der Waals surface area contributed by atoms with Crippen LogP contribution in [-0.4, -0.2) is 30.9 Å². The maximum atomic E-state index is 11.1. The third-order valence-electron chi connectivity index (χ3n) is 3.08. The lowest BCUT2D eigenvalue weighted by atomic mass is 10.3.